The van der Waals surface area contributed by atoms with Crippen LogP contribution in [0.15, 0.2) is 54.7 Å². The zero-order valence-electron chi connectivity index (χ0n) is 13.9. The van der Waals surface area contributed by atoms with Crippen LogP contribution in [0.5, 0.6) is 0 Å². The van der Waals surface area contributed by atoms with Crippen LogP contribution in [0.25, 0.3) is 10.8 Å². The molecular formula is C19H19ClN2O2S. The number of hydrogen-bond acceptors (Lipinski definition) is 4. The van der Waals surface area contributed by atoms with Gasteiger partial charge in [-0.3, -0.25) is 0 Å². The maximum Gasteiger partial charge on any atom is 0.151 e. The molecule has 1 N–H and O–H groups in total. The second-order valence-electron chi connectivity index (χ2n) is 6.06. The Hall–Kier alpha value is -2.11. The number of halogens is 1. The lowest BCUT2D eigenvalue weighted by Crippen LogP contribution is -2.07. The molecule has 0 unspecified atom stereocenters. The molecule has 1 heterocycles. The number of fused-ring (bicyclic) bond motifs is 1. The molecule has 0 atom stereocenters. The molecule has 2 aromatic carbocycles. The van der Waals surface area contributed by atoms with Crippen LogP contribution < -0.4 is 5.32 Å². The molecule has 130 valence electrons. The monoisotopic (exact) mass is 374 g/mol. The van der Waals surface area contributed by atoms with Crippen LogP contribution in [-0.2, 0) is 22.0 Å². The van der Waals surface area contributed by atoms with Crippen LogP contribution >= 0.6 is 11.6 Å². The fourth-order valence-corrected chi connectivity index (χ4v) is 3.74. The van der Waals surface area contributed by atoms with E-state index in [9.17, 15) is 8.42 Å². The lowest BCUT2D eigenvalue weighted by Gasteiger charge is -2.10. The van der Waals surface area contributed by atoms with Crippen molar-refractivity contribution in [1.29, 1.82) is 0 Å². The number of pyridine rings is 1. The van der Waals surface area contributed by atoms with Crippen LogP contribution in [0.3, 0.4) is 0 Å². The number of hydrogen-bond donors (Lipinski definition) is 1. The largest absolute Gasteiger partial charge is 0.369 e. The summed E-state index contributed by atoms with van der Waals surface area (Å²) in [5, 5.41) is 5.97. The normalized spacial score (nSPS) is 11.6. The Kier molecular flexibility index (Phi) is 5.25. The van der Waals surface area contributed by atoms with Crippen LogP contribution in [-0.4, -0.2) is 26.2 Å². The zero-order chi connectivity index (χ0) is 17.9. The van der Waals surface area contributed by atoms with E-state index in [1.54, 1.807) is 6.20 Å². The predicted octanol–water partition coefficient (Wildman–Crippen LogP) is 4.09. The van der Waals surface area contributed by atoms with E-state index >= 15 is 0 Å². The van der Waals surface area contributed by atoms with Gasteiger partial charge in [-0.05, 0) is 17.5 Å². The minimum Gasteiger partial charge on any atom is -0.369 e. The smallest absolute Gasteiger partial charge is 0.151 e. The quantitative estimate of drug-likeness (QED) is 0.706. The van der Waals surface area contributed by atoms with E-state index in [-0.39, 0.29) is 5.75 Å². The Balaban J connectivity index is 1.65. The van der Waals surface area contributed by atoms with Crippen LogP contribution in [0, 0.1) is 0 Å². The summed E-state index contributed by atoms with van der Waals surface area (Å²) in [6.07, 6.45) is 3.72. The number of benzene rings is 2. The molecule has 3 rings (SSSR count). The first-order valence-electron chi connectivity index (χ1n) is 7.95. The Morgan fingerprint density at radius 3 is 2.32 bits per heavy atom. The van der Waals surface area contributed by atoms with Crippen molar-refractivity contribution in [2.75, 3.05) is 18.1 Å². The Bertz CT molecular complexity index is 986. The minimum absolute atomic E-state index is 0.0756. The molecule has 0 saturated carbocycles. The summed E-state index contributed by atoms with van der Waals surface area (Å²) in [5.41, 5.74) is 1.95. The van der Waals surface area contributed by atoms with Gasteiger partial charge in [0.25, 0.3) is 0 Å². The average Bonchev–Trinajstić information content (AvgIpc) is 2.57. The van der Waals surface area contributed by atoms with E-state index in [0.29, 0.717) is 5.02 Å². The molecule has 4 nitrogen and oxygen atoms in total. The highest BCUT2D eigenvalue weighted by Gasteiger charge is 2.06. The SMILES string of the molecule is CS(=O)(=O)Cc1ccc(CCNc2ncc(Cl)c3ccccc23)cc1. The molecule has 6 heteroatoms. The fourth-order valence-electron chi connectivity index (χ4n) is 2.73. The topological polar surface area (TPSA) is 59.1 Å². The van der Waals surface area contributed by atoms with Crippen LogP contribution in [0.2, 0.25) is 5.02 Å². The van der Waals surface area contributed by atoms with Gasteiger partial charge in [0.2, 0.25) is 0 Å². The maximum absolute atomic E-state index is 11.3. The second kappa shape index (κ2) is 7.42. The third-order valence-corrected chi connectivity index (χ3v) is 5.06. The summed E-state index contributed by atoms with van der Waals surface area (Å²) in [6, 6.07) is 15.6. The molecule has 0 saturated heterocycles. The standard InChI is InChI=1S/C19H19ClN2O2S/c1-25(23,24)13-15-8-6-14(7-9-15)10-11-21-19-17-5-3-2-4-16(17)18(20)12-22-19/h2-9,12H,10-11,13H2,1H3,(H,21,22). The minimum atomic E-state index is -3.00. The summed E-state index contributed by atoms with van der Waals surface area (Å²) in [6.45, 7) is 0.726. The summed E-state index contributed by atoms with van der Waals surface area (Å²) in [5.74, 6) is 0.889. The van der Waals surface area contributed by atoms with Crippen molar-refractivity contribution in [2.24, 2.45) is 0 Å². The van der Waals surface area contributed by atoms with Crippen LogP contribution in [0.1, 0.15) is 11.1 Å². The van der Waals surface area contributed by atoms with Gasteiger partial charge in [-0.1, -0.05) is 60.1 Å². The summed E-state index contributed by atoms with van der Waals surface area (Å²) in [4.78, 5) is 4.38. The molecule has 0 amide bonds. The number of aromatic nitrogens is 1. The van der Waals surface area contributed by atoms with E-state index in [4.69, 9.17) is 11.6 Å². The third-order valence-electron chi connectivity index (χ3n) is 3.90. The molecule has 0 bridgehead atoms. The fraction of sp³-hybridized carbons (Fsp3) is 0.211. The number of nitrogens with one attached hydrogen (secondary N) is 1. The Labute approximate surface area is 152 Å². The highest BCUT2D eigenvalue weighted by atomic mass is 35.5. The first-order chi connectivity index (χ1) is 11.9. The summed E-state index contributed by atoms with van der Waals surface area (Å²) < 4.78 is 22.6. The van der Waals surface area contributed by atoms with Crippen molar-refractivity contribution < 1.29 is 8.42 Å². The molecule has 0 aliphatic heterocycles. The molecule has 25 heavy (non-hydrogen) atoms. The number of nitrogens with zero attached hydrogens (tertiary/aromatic N) is 1. The van der Waals surface area contributed by atoms with Gasteiger partial charge >= 0.3 is 0 Å². The summed E-state index contributed by atoms with van der Waals surface area (Å²) >= 11 is 6.19. The van der Waals surface area contributed by atoms with Gasteiger partial charge in [0.1, 0.15) is 5.82 Å². The lowest BCUT2D eigenvalue weighted by atomic mass is 10.1. The van der Waals surface area contributed by atoms with Gasteiger partial charge < -0.3 is 5.32 Å². The van der Waals surface area contributed by atoms with Crippen molar-refractivity contribution >= 4 is 38.0 Å². The van der Waals surface area contributed by atoms with E-state index in [1.165, 1.54) is 6.26 Å². The zero-order valence-corrected chi connectivity index (χ0v) is 15.4. The van der Waals surface area contributed by atoms with Crippen molar-refractivity contribution in [2.45, 2.75) is 12.2 Å². The van der Waals surface area contributed by atoms with Gasteiger partial charge in [-0.2, -0.15) is 0 Å². The lowest BCUT2D eigenvalue weighted by molar-refractivity contribution is 0.601. The Morgan fingerprint density at radius 2 is 1.64 bits per heavy atom. The average molecular weight is 375 g/mol. The molecule has 1 aromatic heterocycles. The molecule has 0 fully saturated rings. The van der Waals surface area contributed by atoms with E-state index < -0.39 is 9.84 Å². The van der Waals surface area contributed by atoms with E-state index in [1.807, 2.05) is 48.5 Å². The first kappa shape index (κ1) is 17.7. The van der Waals surface area contributed by atoms with E-state index in [0.717, 1.165) is 40.7 Å². The third kappa shape index (κ3) is 4.71. The van der Waals surface area contributed by atoms with Crippen molar-refractivity contribution in [3.63, 3.8) is 0 Å². The molecule has 0 radical (unpaired) electrons. The maximum atomic E-state index is 11.3. The van der Waals surface area contributed by atoms with Gasteiger partial charge in [-0.25, -0.2) is 13.4 Å². The molecule has 0 spiro atoms. The van der Waals surface area contributed by atoms with Gasteiger partial charge in [0, 0.05) is 29.8 Å². The molecular weight excluding hydrogens is 356 g/mol. The highest BCUT2D eigenvalue weighted by Crippen LogP contribution is 2.27. The molecule has 0 aliphatic carbocycles. The van der Waals surface area contributed by atoms with Gasteiger partial charge in [0.05, 0.1) is 10.8 Å². The summed E-state index contributed by atoms with van der Waals surface area (Å²) in [7, 11) is -3.00. The number of sulfone groups is 1. The molecule has 3 aromatic rings. The van der Waals surface area contributed by atoms with Crippen molar-refractivity contribution in [3.05, 3.63) is 70.9 Å². The van der Waals surface area contributed by atoms with Gasteiger partial charge in [0.15, 0.2) is 9.84 Å². The van der Waals surface area contributed by atoms with Crippen molar-refractivity contribution in [3.8, 4) is 0 Å². The number of rotatable bonds is 6. The number of anilines is 1. The van der Waals surface area contributed by atoms with Crippen molar-refractivity contribution in [1.82, 2.24) is 4.98 Å². The highest BCUT2D eigenvalue weighted by molar-refractivity contribution is 7.89. The van der Waals surface area contributed by atoms with Crippen LogP contribution in [0.4, 0.5) is 5.82 Å². The van der Waals surface area contributed by atoms with E-state index in [2.05, 4.69) is 10.3 Å². The molecule has 0 aliphatic rings. The van der Waals surface area contributed by atoms with Gasteiger partial charge in [-0.15, -0.1) is 0 Å². The second-order valence-corrected chi connectivity index (χ2v) is 8.61. The first-order valence-corrected chi connectivity index (χ1v) is 10.4. The Morgan fingerprint density at radius 1 is 1.00 bits per heavy atom. The predicted molar refractivity (Wildman–Crippen MR) is 104 cm³/mol.